The Bertz CT molecular complexity index is 339. The first-order valence-corrected chi connectivity index (χ1v) is 7.61. The minimum absolute atomic E-state index is 0.696. The Morgan fingerprint density at radius 2 is 2.12 bits per heavy atom. The van der Waals surface area contributed by atoms with E-state index in [2.05, 4.69) is 44.3 Å². The number of nitrogens with one attached hydrogen (secondary N) is 1. The molecule has 3 heteroatoms. The van der Waals surface area contributed by atoms with Gasteiger partial charge in [-0.3, -0.25) is 0 Å². The number of halogens is 1. The van der Waals surface area contributed by atoms with Gasteiger partial charge < -0.3 is 5.32 Å². The van der Waals surface area contributed by atoms with E-state index in [0.29, 0.717) is 5.92 Å². The molecule has 1 aromatic carbocycles. The summed E-state index contributed by atoms with van der Waals surface area (Å²) in [6.07, 6.45) is 1.16. The smallest absolute Gasteiger partial charge is 0.0545 e. The van der Waals surface area contributed by atoms with Crippen LogP contribution in [-0.2, 0) is 6.54 Å². The van der Waals surface area contributed by atoms with E-state index < -0.39 is 0 Å². The predicted octanol–water partition coefficient (Wildman–Crippen LogP) is 4.59. The van der Waals surface area contributed by atoms with Gasteiger partial charge in [-0.25, -0.2) is 0 Å². The maximum absolute atomic E-state index is 6.28. The van der Waals surface area contributed by atoms with Crippen molar-refractivity contribution in [3.63, 3.8) is 0 Å². The Labute approximate surface area is 114 Å². The topological polar surface area (TPSA) is 12.0 Å². The van der Waals surface area contributed by atoms with Crippen molar-refractivity contribution in [1.82, 2.24) is 5.32 Å². The molecule has 0 aliphatic heterocycles. The van der Waals surface area contributed by atoms with Gasteiger partial charge in [0.05, 0.1) is 5.02 Å². The third kappa shape index (κ3) is 5.80. The van der Waals surface area contributed by atoms with Crippen molar-refractivity contribution in [2.24, 2.45) is 5.92 Å². The molecule has 0 aromatic heterocycles. The number of hydrogen-bond donors (Lipinski definition) is 1. The van der Waals surface area contributed by atoms with Gasteiger partial charge in [-0.15, -0.1) is 11.8 Å². The van der Waals surface area contributed by atoms with Crippen LogP contribution in [0, 0.1) is 5.92 Å². The molecule has 0 spiro atoms. The van der Waals surface area contributed by atoms with Crippen LogP contribution in [0.2, 0.25) is 5.02 Å². The molecule has 0 saturated heterocycles. The lowest BCUT2D eigenvalue weighted by atomic mass is 10.2. The first kappa shape index (κ1) is 14.9. The zero-order chi connectivity index (χ0) is 12.7. The second-order valence-electron chi connectivity index (χ2n) is 4.65. The standard InChI is InChI=1S/C14H22ClNS/c1-4-7-16-9-12-5-6-14(13(15)8-12)17-10-11(2)3/h5-6,8,11,16H,4,7,9-10H2,1-3H3. The van der Waals surface area contributed by atoms with Gasteiger partial charge >= 0.3 is 0 Å². The van der Waals surface area contributed by atoms with Crippen LogP contribution in [0.1, 0.15) is 32.8 Å². The van der Waals surface area contributed by atoms with Crippen molar-refractivity contribution in [2.45, 2.75) is 38.6 Å². The Balaban J connectivity index is 2.53. The Kier molecular flexibility index (Phi) is 7.02. The molecule has 1 N–H and O–H groups in total. The fourth-order valence-electron chi connectivity index (χ4n) is 1.44. The normalized spacial score (nSPS) is 11.1. The lowest BCUT2D eigenvalue weighted by Gasteiger charge is -2.09. The molecule has 0 amide bonds. The van der Waals surface area contributed by atoms with Crippen molar-refractivity contribution < 1.29 is 0 Å². The van der Waals surface area contributed by atoms with Crippen molar-refractivity contribution in [3.8, 4) is 0 Å². The molecular weight excluding hydrogens is 250 g/mol. The highest BCUT2D eigenvalue weighted by Gasteiger charge is 2.04. The number of hydrogen-bond acceptors (Lipinski definition) is 2. The monoisotopic (exact) mass is 271 g/mol. The molecule has 0 bridgehead atoms. The largest absolute Gasteiger partial charge is 0.313 e. The van der Waals surface area contributed by atoms with Gasteiger partial charge in [0.15, 0.2) is 0 Å². The van der Waals surface area contributed by atoms with E-state index in [9.17, 15) is 0 Å². The van der Waals surface area contributed by atoms with Crippen LogP contribution in [0.25, 0.3) is 0 Å². The zero-order valence-corrected chi connectivity index (χ0v) is 12.5. The third-order valence-corrected chi connectivity index (χ3v) is 4.25. The fourth-order valence-corrected chi connectivity index (χ4v) is 2.68. The summed E-state index contributed by atoms with van der Waals surface area (Å²) < 4.78 is 0. The molecular formula is C14H22ClNS. The van der Waals surface area contributed by atoms with E-state index in [-0.39, 0.29) is 0 Å². The molecule has 96 valence electrons. The van der Waals surface area contributed by atoms with Crippen LogP contribution in [0.3, 0.4) is 0 Å². The van der Waals surface area contributed by atoms with Crippen molar-refractivity contribution >= 4 is 23.4 Å². The van der Waals surface area contributed by atoms with Crippen LogP contribution in [0.4, 0.5) is 0 Å². The summed E-state index contributed by atoms with van der Waals surface area (Å²) in [5.41, 5.74) is 1.26. The second kappa shape index (κ2) is 8.02. The van der Waals surface area contributed by atoms with Crippen LogP contribution in [-0.4, -0.2) is 12.3 Å². The first-order chi connectivity index (χ1) is 8.13. The van der Waals surface area contributed by atoms with E-state index in [1.54, 1.807) is 0 Å². The van der Waals surface area contributed by atoms with Crippen LogP contribution < -0.4 is 5.32 Å². The van der Waals surface area contributed by atoms with Gasteiger partial charge in [0.2, 0.25) is 0 Å². The maximum Gasteiger partial charge on any atom is 0.0545 e. The Morgan fingerprint density at radius 3 is 2.71 bits per heavy atom. The molecule has 0 aliphatic rings. The Morgan fingerprint density at radius 1 is 1.35 bits per heavy atom. The van der Waals surface area contributed by atoms with E-state index in [1.165, 1.54) is 10.5 Å². The lowest BCUT2D eigenvalue weighted by Crippen LogP contribution is -2.13. The van der Waals surface area contributed by atoms with Crippen LogP contribution in [0.5, 0.6) is 0 Å². The van der Waals surface area contributed by atoms with Crippen LogP contribution >= 0.6 is 23.4 Å². The zero-order valence-electron chi connectivity index (χ0n) is 10.9. The second-order valence-corrected chi connectivity index (χ2v) is 6.12. The summed E-state index contributed by atoms with van der Waals surface area (Å²) in [5.74, 6) is 1.81. The molecule has 0 fully saturated rings. The molecule has 0 radical (unpaired) electrons. The minimum Gasteiger partial charge on any atom is -0.313 e. The van der Waals surface area contributed by atoms with Gasteiger partial charge in [0.25, 0.3) is 0 Å². The molecule has 0 atom stereocenters. The van der Waals surface area contributed by atoms with Crippen molar-refractivity contribution in [1.29, 1.82) is 0 Å². The molecule has 0 saturated carbocycles. The molecule has 1 nitrogen and oxygen atoms in total. The van der Waals surface area contributed by atoms with E-state index in [1.807, 2.05) is 11.8 Å². The maximum atomic E-state index is 6.28. The molecule has 0 heterocycles. The molecule has 0 unspecified atom stereocenters. The number of benzene rings is 1. The highest BCUT2D eigenvalue weighted by atomic mass is 35.5. The van der Waals surface area contributed by atoms with Gasteiger partial charge in [-0.1, -0.05) is 38.4 Å². The average molecular weight is 272 g/mol. The summed E-state index contributed by atoms with van der Waals surface area (Å²) in [4.78, 5) is 1.19. The summed E-state index contributed by atoms with van der Waals surface area (Å²) in [7, 11) is 0. The molecule has 17 heavy (non-hydrogen) atoms. The van der Waals surface area contributed by atoms with E-state index in [0.717, 1.165) is 30.3 Å². The first-order valence-electron chi connectivity index (χ1n) is 6.25. The SMILES string of the molecule is CCCNCc1ccc(SCC(C)C)c(Cl)c1. The fraction of sp³-hybridized carbons (Fsp3) is 0.571. The van der Waals surface area contributed by atoms with E-state index >= 15 is 0 Å². The predicted molar refractivity (Wildman–Crippen MR) is 79.0 cm³/mol. The van der Waals surface area contributed by atoms with Crippen LogP contribution in [0.15, 0.2) is 23.1 Å². The van der Waals surface area contributed by atoms with Gasteiger partial charge in [-0.05, 0) is 36.6 Å². The molecule has 1 aromatic rings. The van der Waals surface area contributed by atoms with Crippen molar-refractivity contribution in [3.05, 3.63) is 28.8 Å². The summed E-state index contributed by atoms with van der Waals surface area (Å²) in [5, 5.41) is 4.26. The number of thioether (sulfide) groups is 1. The third-order valence-electron chi connectivity index (χ3n) is 2.32. The van der Waals surface area contributed by atoms with Crippen molar-refractivity contribution in [2.75, 3.05) is 12.3 Å². The number of rotatable bonds is 7. The van der Waals surface area contributed by atoms with E-state index in [4.69, 9.17) is 11.6 Å². The molecule has 1 rings (SSSR count). The molecule has 0 aliphatic carbocycles. The van der Waals surface area contributed by atoms with Gasteiger partial charge in [-0.2, -0.15) is 0 Å². The summed E-state index contributed by atoms with van der Waals surface area (Å²) in [6, 6.07) is 6.38. The Hall–Kier alpha value is -0.180. The van der Waals surface area contributed by atoms with Gasteiger partial charge in [0.1, 0.15) is 0 Å². The summed E-state index contributed by atoms with van der Waals surface area (Å²) in [6.45, 7) is 8.59. The average Bonchev–Trinajstić information content (AvgIpc) is 2.28. The summed E-state index contributed by atoms with van der Waals surface area (Å²) >= 11 is 8.12. The lowest BCUT2D eigenvalue weighted by molar-refractivity contribution is 0.675. The van der Waals surface area contributed by atoms with Gasteiger partial charge in [0, 0.05) is 17.2 Å². The highest BCUT2D eigenvalue weighted by molar-refractivity contribution is 7.99. The quantitative estimate of drug-likeness (QED) is 0.575. The highest BCUT2D eigenvalue weighted by Crippen LogP contribution is 2.29. The minimum atomic E-state index is 0.696.